The lowest BCUT2D eigenvalue weighted by molar-refractivity contribution is -0.383. The molecular weight excluding hydrogens is 432 g/mol. The second-order valence-electron chi connectivity index (χ2n) is 5.35. The molecule has 11 heteroatoms. The molecule has 0 atom stereocenters. The molecule has 144 valence electrons. The van der Waals surface area contributed by atoms with Crippen molar-refractivity contribution in [3.63, 3.8) is 0 Å². The first-order chi connectivity index (χ1) is 13.5. The Kier molecular flexibility index (Phi) is 5.84. The molecule has 3 rings (SSSR count). The van der Waals surface area contributed by atoms with Crippen LogP contribution in [-0.2, 0) is 0 Å². The summed E-state index contributed by atoms with van der Waals surface area (Å²) in [6.07, 6.45) is 2.78. The maximum atomic E-state index is 11.7. The maximum absolute atomic E-state index is 11.7. The average molecular weight is 447 g/mol. The van der Waals surface area contributed by atoms with Crippen molar-refractivity contribution in [2.45, 2.75) is 0 Å². The summed E-state index contributed by atoms with van der Waals surface area (Å²) in [5, 5.41) is 17.5. The number of benzene rings is 1. The molecule has 0 bridgehead atoms. The minimum Gasteiger partial charge on any atom is -0.497 e. The highest BCUT2D eigenvalue weighted by molar-refractivity contribution is 9.10. The largest absolute Gasteiger partial charge is 0.497 e. The SMILES string of the molecule is COc1ccc(Nc2ncnc(Nc3ccc(Br)cn3)c2[N+](=O)[O-])c(OC)c1. The summed E-state index contributed by atoms with van der Waals surface area (Å²) in [7, 11) is 3.02. The summed E-state index contributed by atoms with van der Waals surface area (Å²) in [4.78, 5) is 23.3. The maximum Gasteiger partial charge on any atom is 0.353 e. The Morgan fingerprint density at radius 2 is 1.79 bits per heavy atom. The summed E-state index contributed by atoms with van der Waals surface area (Å²) < 4.78 is 11.2. The zero-order valence-corrected chi connectivity index (χ0v) is 16.4. The third-order valence-corrected chi connectivity index (χ3v) is 4.11. The molecule has 1 aromatic carbocycles. The Labute approximate surface area is 168 Å². The molecule has 0 unspecified atom stereocenters. The highest BCUT2D eigenvalue weighted by Crippen LogP contribution is 2.36. The molecule has 28 heavy (non-hydrogen) atoms. The van der Waals surface area contributed by atoms with Crippen LogP contribution in [0.1, 0.15) is 0 Å². The third kappa shape index (κ3) is 4.26. The van der Waals surface area contributed by atoms with Crippen LogP contribution in [0.5, 0.6) is 11.5 Å². The fraction of sp³-hybridized carbons (Fsp3) is 0.118. The number of methoxy groups -OCH3 is 2. The van der Waals surface area contributed by atoms with Crippen LogP contribution in [0.2, 0.25) is 0 Å². The number of anilines is 4. The predicted octanol–water partition coefficient (Wildman–Crippen LogP) is 4.05. The van der Waals surface area contributed by atoms with E-state index in [1.54, 1.807) is 36.5 Å². The van der Waals surface area contributed by atoms with Crippen molar-refractivity contribution in [2.24, 2.45) is 0 Å². The Balaban J connectivity index is 1.98. The number of ether oxygens (including phenoxy) is 2. The van der Waals surface area contributed by atoms with Gasteiger partial charge in [-0.05, 0) is 40.2 Å². The van der Waals surface area contributed by atoms with Gasteiger partial charge >= 0.3 is 5.69 Å². The van der Waals surface area contributed by atoms with Crippen molar-refractivity contribution in [1.29, 1.82) is 0 Å². The van der Waals surface area contributed by atoms with Crippen molar-refractivity contribution in [3.8, 4) is 11.5 Å². The summed E-state index contributed by atoms with van der Waals surface area (Å²) >= 11 is 3.29. The van der Waals surface area contributed by atoms with Crippen LogP contribution < -0.4 is 20.1 Å². The number of hydrogen-bond acceptors (Lipinski definition) is 9. The molecule has 0 aliphatic heterocycles. The number of halogens is 1. The highest BCUT2D eigenvalue weighted by Gasteiger charge is 2.24. The molecule has 2 N–H and O–H groups in total. The van der Waals surface area contributed by atoms with Gasteiger partial charge in [-0.1, -0.05) is 0 Å². The average Bonchev–Trinajstić information content (AvgIpc) is 2.70. The van der Waals surface area contributed by atoms with E-state index in [0.29, 0.717) is 23.0 Å². The molecule has 3 aromatic rings. The topological polar surface area (TPSA) is 124 Å². The molecule has 0 saturated heterocycles. The molecule has 0 radical (unpaired) electrons. The number of aromatic nitrogens is 3. The molecular formula is C17H15BrN6O4. The van der Waals surface area contributed by atoms with E-state index in [4.69, 9.17) is 9.47 Å². The van der Waals surface area contributed by atoms with E-state index in [1.807, 2.05) is 0 Å². The number of hydrogen-bond donors (Lipinski definition) is 2. The number of nitrogens with one attached hydrogen (secondary N) is 2. The van der Waals surface area contributed by atoms with Gasteiger partial charge in [0.15, 0.2) is 0 Å². The van der Waals surface area contributed by atoms with Gasteiger partial charge in [-0.25, -0.2) is 15.0 Å². The molecule has 0 aliphatic rings. The summed E-state index contributed by atoms with van der Waals surface area (Å²) in [6.45, 7) is 0. The first-order valence-electron chi connectivity index (χ1n) is 7.89. The minimum absolute atomic E-state index is 0.00285. The van der Waals surface area contributed by atoms with Gasteiger partial charge in [0.2, 0.25) is 11.6 Å². The Morgan fingerprint density at radius 1 is 1.04 bits per heavy atom. The molecule has 0 fully saturated rings. The normalized spacial score (nSPS) is 10.2. The van der Waals surface area contributed by atoms with E-state index in [-0.39, 0.29) is 17.3 Å². The van der Waals surface area contributed by atoms with Crippen molar-refractivity contribution >= 4 is 44.8 Å². The van der Waals surface area contributed by atoms with Crippen LogP contribution in [0.4, 0.5) is 28.8 Å². The smallest absolute Gasteiger partial charge is 0.353 e. The molecule has 0 spiro atoms. The van der Waals surface area contributed by atoms with E-state index >= 15 is 0 Å². The number of nitro groups is 1. The Bertz CT molecular complexity index is 999. The van der Waals surface area contributed by atoms with Crippen molar-refractivity contribution in [1.82, 2.24) is 15.0 Å². The van der Waals surface area contributed by atoms with Gasteiger partial charge in [-0.15, -0.1) is 0 Å². The van der Waals surface area contributed by atoms with Gasteiger partial charge in [0, 0.05) is 16.7 Å². The Morgan fingerprint density at radius 3 is 2.39 bits per heavy atom. The van der Waals surface area contributed by atoms with Gasteiger partial charge < -0.3 is 20.1 Å². The van der Waals surface area contributed by atoms with Crippen molar-refractivity contribution in [2.75, 3.05) is 24.9 Å². The van der Waals surface area contributed by atoms with E-state index in [0.717, 1.165) is 4.47 Å². The summed E-state index contributed by atoms with van der Waals surface area (Å²) in [5.41, 5.74) is 0.155. The monoisotopic (exact) mass is 446 g/mol. The van der Waals surface area contributed by atoms with Crippen LogP contribution >= 0.6 is 15.9 Å². The first-order valence-corrected chi connectivity index (χ1v) is 8.68. The molecule has 10 nitrogen and oxygen atoms in total. The standard InChI is InChI=1S/C17H15BrN6O4/c1-27-11-4-5-12(13(7-11)28-2)22-16-15(24(25)26)17(21-9-20-16)23-14-6-3-10(18)8-19-14/h3-9H,1-2H3,(H2,19,20,21,22,23). The second-order valence-corrected chi connectivity index (χ2v) is 6.27. The lowest BCUT2D eigenvalue weighted by Crippen LogP contribution is -2.06. The van der Waals surface area contributed by atoms with E-state index in [9.17, 15) is 10.1 Å². The van der Waals surface area contributed by atoms with Gasteiger partial charge in [0.25, 0.3) is 0 Å². The summed E-state index contributed by atoms with van der Waals surface area (Å²) in [5.74, 6) is 1.44. The molecule has 0 aliphatic carbocycles. The molecule has 2 aromatic heterocycles. The fourth-order valence-corrected chi connectivity index (χ4v) is 2.57. The summed E-state index contributed by atoms with van der Waals surface area (Å²) in [6, 6.07) is 8.44. The molecule has 0 saturated carbocycles. The number of pyridine rings is 1. The molecule has 2 heterocycles. The van der Waals surface area contributed by atoms with E-state index in [1.165, 1.54) is 20.5 Å². The van der Waals surface area contributed by atoms with Crippen LogP contribution in [-0.4, -0.2) is 34.1 Å². The number of rotatable bonds is 7. The lowest BCUT2D eigenvalue weighted by Gasteiger charge is -2.13. The fourth-order valence-electron chi connectivity index (χ4n) is 2.34. The van der Waals surface area contributed by atoms with Gasteiger partial charge in [0.1, 0.15) is 23.6 Å². The number of nitrogens with zero attached hydrogens (tertiary/aromatic N) is 4. The zero-order chi connectivity index (χ0) is 20.1. The van der Waals surface area contributed by atoms with Crippen LogP contribution in [0.3, 0.4) is 0 Å². The third-order valence-electron chi connectivity index (χ3n) is 3.64. The predicted molar refractivity (Wildman–Crippen MR) is 107 cm³/mol. The quantitative estimate of drug-likeness (QED) is 0.408. The van der Waals surface area contributed by atoms with Gasteiger partial charge in [-0.2, -0.15) is 0 Å². The lowest BCUT2D eigenvalue weighted by atomic mass is 10.2. The van der Waals surface area contributed by atoms with Crippen LogP contribution in [0, 0.1) is 10.1 Å². The van der Waals surface area contributed by atoms with E-state index < -0.39 is 4.92 Å². The second kappa shape index (κ2) is 8.48. The molecule has 0 amide bonds. The first kappa shape index (κ1) is 19.3. The van der Waals surface area contributed by atoms with Crippen LogP contribution in [0.25, 0.3) is 0 Å². The van der Waals surface area contributed by atoms with Crippen LogP contribution in [0.15, 0.2) is 47.3 Å². The highest BCUT2D eigenvalue weighted by atomic mass is 79.9. The van der Waals surface area contributed by atoms with Gasteiger partial charge in [-0.3, -0.25) is 10.1 Å². The zero-order valence-electron chi connectivity index (χ0n) is 14.8. The Hall–Kier alpha value is -3.47. The van der Waals surface area contributed by atoms with Crippen molar-refractivity contribution in [3.05, 3.63) is 57.4 Å². The van der Waals surface area contributed by atoms with Crippen molar-refractivity contribution < 1.29 is 14.4 Å². The van der Waals surface area contributed by atoms with Gasteiger partial charge in [0.05, 0.1) is 24.8 Å². The van der Waals surface area contributed by atoms with E-state index in [2.05, 4.69) is 41.5 Å². The minimum atomic E-state index is -0.570.